The van der Waals surface area contributed by atoms with Crippen molar-refractivity contribution in [3.8, 4) is 5.75 Å². The van der Waals surface area contributed by atoms with E-state index in [-0.39, 0.29) is 0 Å². The van der Waals surface area contributed by atoms with Gasteiger partial charge in [0.15, 0.2) is 0 Å². The summed E-state index contributed by atoms with van der Waals surface area (Å²) in [5, 5.41) is 4.27. The highest BCUT2D eigenvalue weighted by Crippen LogP contribution is 2.31. The summed E-state index contributed by atoms with van der Waals surface area (Å²) in [6.45, 7) is 5.80. The van der Waals surface area contributed by atoms with Crippen LogP contribution in [0.5, 0.6) is 5.75 Å². The van der Waals surface area contributed by atoms with E-state index in [2.05, 4.69) is 35.1 Å². The van der Waals surface area contributed by atoms with Gasteiger partial charge in [-0.2, -0.15) is 5.10 Å². The van der Waals surface area contributed by atoms with Crippen LogP contribution in [-0.4, -0.2) is 22.9 Å². The number of benzene rings is 1. The number of ether oxygens (including phenoxy) is 1. The summed E-state index contributed by atoms with van der Waals surface area (Å²) in [7, 11) is 0. The van der Waals surface area contributed by atoms with Crippen molar-refractivity contribution in [2.45, 2.75) is 32.9 Å². The van der Waals surface area contributed by atoms with Crippen LogP contribution < -0.4 is 9.64 Å². The molecule has 0 N–H and O–H groups in total. The fourth-order valence-electron chi connectivity index (χ4n) is 2.72. The fourth-order valence-corrected chi connectivity index (χ4v) is 2.72. The maximum Gasteiger partial charge on any atom is 0.143 e. The van der Waals surface area contributed by atoms with E-state index in [1.54, 1.807) is 0 Å². The Morgan fingerprint density at radius 1 is 1.15 bits per heavy atom. The molecule has 106 valence electrons. The Morgan fingerprint density at radius 3 is 2.75 bits per heavy atom. The van der Waals surface area contributed by atoms with E-state index >= 15 is 0 Å². The van der Waals surface area contributed by atoms with E-state index in [1.807, 2.05) is 23.0 Å². The molecular formula is C16H21N3O. The number of anilines is 1. The first-order valence-electron chi connectivity index (χ1n) is 7.36. The lowest BCUT2D eigenvalue weighted by Crippen LogP contribution is -2.18. The molecule has 3 rings (SSSR count). The molecule has 0 amide bonds. The van der Waals surface area contributed by atoms with Gasteiger partial charge in [0, 0.05) is 25.8 Å². The van der Waals surface area contributed by atoms with Crippen molar-refractivity contribution in [1.82, 2.24) is 9.78 Å². The Morgan fingerprint density at radius 2 is 1.95 bits per heavy atom. The van der Waals surface area contributed by atoms with Crippen molar-refractivity contribution in [1.29, 1.82) is 0 Å². The largest absolute Gasteiger partial charge is 0.485 e. The SMILES string of the molecule is CCn1nccc1COc1ccccc1N1CCCC1. The summed E-state index contributed by atoms with van der Waals surface area (Å²) in [6, 6.07) is 10.3. The first-order chi connectivity index (χ1) is 9.88. The molecule has 2 heterocycles. The van der Waals surface area contributed by atoms with Crippen molar-refractivity contribution >= 4 is 5.69 Å². The predicted molar refractivity (Wildman–Crippen MR) is 80.1 cm³/mol. The molecule has 4 nitrogen and oxygen atoms in total. The van der Waals surface area contributed by atoms with Gasteiger partial charge in [0.1, 0.15) is 12.4 Å². The summed E-state index contributed by atoms with van der Waals surface area (Å²) in [5.41, 5.74) is 2.33. The van der Waals surface area contributed by atoms with Crippen LogP contribution in [0.25, 0.3) is 0 Å². The highest BCUT2D eigenvalue weighted by molar-refractivity contribution is 5.58. The second-order valence-corrected chi connectivity index (χ2v) is 5.09. The van der Waals surface area contributed by atoms with Crippen LogP contribution in [0.15, 0.2) is 36.5 Å². The smallest absolute Gasteiger partial charge is 0.143 e. The van der Waals surface area contributed by atoms with E-state index < -0.39 is 0 Å². The number of hydrogen-bond donors (Lipinski definition) is 0. The van der Waals surface area contributed by atoms with Gasteiger partial charge < -0.3 is 9.64 Å². The third-order valence-corrected chi connectivity index (χ3v) is 3.79. The molecule has 0 saturated carbocycles. The Hall–Kier alpha value is -1.97. The zero-order valence-corrected chi connectivity index (χ0v) is 12.0. The first-order valence-corrected chi connectivity index (χ1v) is 7.36. The second-order valence-electron chi connectivity index (χ2n) is 5.09. The van der Waals surface area contributed by atoms with Gasteiger partial charge >= 0.3 is 0 Å². The lowest BCUT2D eigenvalue weighted by molar-refractivity contribution is 0.293. The first kappa shape index (κ1) is 13.0. The van der Waals surface area contributed by atoms with E-state index in [4.69, 9.17) is 4.74 Å². The molecule has 0 bridgehead atoms. The third kappa shape index (κ3) is 2.64. The summed E-state index contributed by atoms with van der Waals surface area (Å²) >= 11 is 0. The molecule has 1 aromatic carbocycles. The van der Waals surface area contributed by atoms with Crippen molar-refractivity contribution in [3.63, 3.8) is 0 Å². The van der Waals surface area contributed by atoms with Crippen molar-refractivity contribution in [3.05, 3.63) is 42.2 Å². The van der Waals surface area contributed by atoms with Gasteiger partial charge in [-0.3, -0.25) is 4.68 Å². The van der Waals surface area contributed by atoms with E-state index in [0.29, 0.717) is 6.61 Å². The molecule has 1 aromatic heterocycles. The average molecular weight is 271 g/mol. The van der Waals surface area contributed by atoms with E-state index in [1.165, 1.54) is 18.5 Å². The summed E-state index contributed by atoms with van der Waals surface area (Å²) in [5.74, 6) is 0.971. The minimum atomic E-state index is 0.568. The normalized spacial score (nSPS) is 14.8. The Kier molecular flexibility index (Phi) is 3.90. The minimum absolute atomic E-state index is 0.568. The zero-order chi connectivity index (χ0) is 13.8. The van der Waals surface area contributed by atoms with E-state index in [9.17, 15) is 0 Å². The van der Waals surface area contributed by atoms with Crippen LogP contribution in [0.4, 0.5) is 5.69 Å². The summed E-state index contributed by atoms with van der Waals surface area (Å²) in [6.07, 6.45) is 4.38. The monoisotopic (exact) mass is 271 g/mol. The van der Waals surface area contributed by atoms with Crippen LogP contribution >= 0.6 is 0 Å². The van der Waals surface area contributed by atoms with Crippen LogP contribution in [-0.2, 0) is 13.2 Å². The number of nitrogens with zero attached hydrogens (tertiary/aromatic N) is 3. The van der Waals surface area contributed by atoms with Gasteiger partial charge in [-0.15, -0.1) is 0 Å². The van der Waals surface area contributed by atoms with Crippen molar-refractivity contribution in [2.75, 3.05) is 18.0 Å². The van der Waals surface area contributed by atoms with Gasteiger partial charge in [0.2, 0.25) is 0 Å². The molecule has 20 heavy (non-hydrogen) atoms. The number of aromatic nitrogens is 2. The Balaban J connectivity index is 1.74. The standard InChI is InChI=1S/C16H21N3O/c1-2-19-14(9-10-17-19)13-20-16-8-4-3-7-15(16)18-11-5-6-12-18/h3-4,7-10H,2,5-6,11-13H2,1H3. The van der Waals surface area contributed by atoms with Crippen LogP contribution in [0.1, 0.15) is 25.5 Å². The summed E-state index contributed by atoms with van der Waals surface area (Å²) < 4.78 is 8.00. The van der Waals surface area contributed by atoms with Crippen LogP contribution in [0.2, 0.25) is 0 Å². The quantitative estimate of drug-likeness (QED) is 0.837. The molecule has 1 saturated heterocycles. The number of aryl methyl sites for hydroxylation is 1. The fraction of sp³-hybridized carbons (Fsp3) is 0.438. The molecule has 0 unspecified atom stereocenters. The van der Waals surface area contributed by atoms with E-state index in [0.717, 1.165) is 31.1 Å². The lowest BCUT2D eigenvalue weighted by atomic mass is 10.2. The Bertz CT molecular complexity index is 558. The van der Waals surface area contributed by atoms with Gasteiger partial charge in [0.05, 0.1) is 11.4 Å². The van der Waals surface area contributed by atoms with Gasteiger partial charge in [0.25, 0.3) is 0 Å². The second kappa shape index (κ2) is 5.99. The third-order valence-electron chi connectivity index (χ3n) is 3.79. The van der Waals surface area contributed by atoms with Crippen molar-refractivity contribution in [2.24, 2.45) is 0 Å². The maximum atomic E-state index is 6.03. The molecule has 0 spiro atoms. The summed E-state index contributed by atoms with van der Waals surface area (Å²) in [4.78, 5) is 2.41. The molecule has 1 aliphatic rings. The Labute approximate surface area is 120 Å². The predicted octanol–water partition coefficient (Wildman–Crippen LogP) is 3.08. The highest BCUT2D eigenvalue weighted by Gasteiger charge is 2.16. The molecular weight excluding hydrogens is 250 g/mol. The van der Waals surface area contributed by atoms with Crippen molar-refractivity contribution < 1.29 is 4.74 Å². The molecule has 1 aliphatic heterocycles. The van der Waals surface area contributed by atoms with Gasteiger partial charge in [-0.05, 0) is 38.0 Å². The molecule has 1 fully saturated rings. The number of rotatable bonds is 5. The van der Waals surface area contributed by atoms with Gasteiger partial charge in [-0.25, -0.2) is 0 Å². The topological polar surface area (TPSA) is 30.3 Å². The molecule has 0 aliphatic carbocycles. The van der Waals surface area contributed by atoms with Gasteiger partial charge in [-0.1, -0.05) is 12.1 Å². The maximum absolute atomic E-state index is 6.03. The lowest BCUT2D eigenvalue weighted by Gasteiger charge is -2.21. The molecule has 0 atom stereocenters. The number of para-hydroxylation sites is 2. The number of hydrogen-bond acceptors (Lipinski definition) is 3. The minimum Gasteiger partial charge on any atom is -0.485 e. The van der Waals surface area contributed by atoms with Crippen LogP contribution in [0, 0.1) is 0 Å². The average Bonchev–Trinajstić information content (AvgIpc) is 3.16. The molecule has 2 aromatic rings. The molecule has 4 heteroatoms. The molecule has 0 radical (unpaired) electrons. The highest BCUT2D eigenvalue weighted by atomic mass is 16.5. The van der Waals surface area contributed by atoms with Crippen LogP contribution in [0.3, 0.4) is 0 Å². The zero-order valence-electron chi connectivity index (χ0n) is 12.0.